The van der Waals surface area contributed by atoms with Gasteiger partial charge in [0.25, 0.3) is 0 Å². The molecule has 7 nitrogen and oxygen atoms in total. The summed E-state index contributed by atoms with van der Waals surface area (Å²) in [6.45, 7) is 0.821. The summed E-state index contributed by atoms with van der Waals surface area (Å²) < 4.78 is 16.7. The van der Waals surface area contributed by atoms with Crippen LogP contribution in [0.15, 0.2) is 17.1 Å². The van der Waals surface area contributed by atoms with Crippen LogP contribution in [0.2, 0.25) is 5.02 Å². The van der Waals surface area contributed by atoms with Crippen molar-refractivity contribution in [3.8, 4) is 0 Å². The minimum absolute atomic E-state index is 0.0290. The standard InChI is InChI=1S/C19H18Cl2FN3O4/c20-6-14(26)23-9-3-4-24(7-9)17-13(22)5-11-16(15(17)21)25(10-1-2-10)8-12(18(11)27)19(28)29/h5,8-10H,1-4,6-7H2,(H,23,26)(H,28,29). The van der Waals surface area contributed by atoms with Gasteiger partial charge in [0.1, 0.15) is 17.3 Å². The molecule has 1 amide bonds. The van der Waals surface area contributed by atoms with Crippen molar-refractivity contribution >= 4 is 51.7 Å². The maximum absolute atomic E-state index is 15.0. The Morgan fingerprint density at radius 2 is 2.03 bits per heavy atom. The summed E-state index contributed by atoms with van der Waals surface area (Å²) in [5.74, 6) is -2.51. The molecule has 0 radical (unpaired) electrons. The van der Waals surface area contributed by atoms with Gasteiger partial charge in [-0.3, -0.25) is 9.59 Å². The van der Waals surface area contributed by atoms with E-state index in [0.29, 0.717) is 25.0 Å². The van der Waals surface area contributed by atoms with Crippen LogP contribution in [0, 0.1) is 5.82 Å². The number of hydrogen-bond acceptors (Lipinski definition) is 4. The largest absolute Gasteiger partial charge is 0.477 e. The molecule has 1 aliphatic heterocycles. The Bertz CT molecular complexity index is 1080. The van der Waals surface area contributed by atoms with Crippen molar-refractivity contribution in [3.05, 3.63) is 38.9 Å². The number of amides is 1. The topological polar surface area (TPSA) is 91.6 Å². The van der Waals surface area contributed by atoms with Gasteiger partial charge >= 0.3 is 5.97 Å². The molecule has 1 saturated heterocycles. The molecule has 0 bridgehead atoms. The average molecular weight is 442 g/mol. The number of halogens is 3. The molecule has 29 heavy (non-hydrogen) atoms. The van der Waals surface area contributed by atoms with E-state index in [9.17, 15) is 19.5 Å². The molecule has 1 atom stereocenters. The number of carboxylic acid groups (broad SMARTS) is 1. The zero-order chi connectivity index (χ0) is 20.9. The van der Waals surface area contributed by atoms with Crippen molar-refractivity contribution in [3.63, 3.8) is 0 Å². The predicted octanol–water partition coefficient (Wildman–Crippen LogP) is 2.76. The van der Waals surface area contributed by atoms with Crippen molar-refractivity contribution in [1.82, 2.24) is 9.88 Å². The van der Waals surface area contributed by atoms with Crippen LogP contribution in [-0.4, -0.2) is 46.6 Å². The lowest BCUT2D eigenvalue weighted by Crippen LogP contribution is -2.37. The minimum Gasteiger partial charge on any atom is -0.477 e. The Balaban J connectivity index is 1.82. The van der Waals surface area contributed by atoms with Crippen molar-refractivity contribution < 1.29 is 19.1 Å². The number of rotatable bonds is 5. The number of carbonyl (C=O) groups is 2. The molecule has 2 aliphatic rings. The highest BCUT2D eigenvalue weighted by atomic mass is 35.5. The molecular weight excluding hydrogens is 424 g/mol. The van der Waals surface area contributed by atoms with Crippen LogP contribution in [0.1, 0.15) is 35.7 Å². The Labute approximate surface area is 175 Å². The molecule has 2 aromatic rings. The number of nitrogens with zero attached hydrogens (tertiary/aromatic N) is 2. The molecule has 1 aromatic carbocycles. The molecule has 2 N–H and O–H groups in total. The smallest absolute Gasteiger partial charge is 0.341 e. The number of nitrogens with one attached hydrogen (secondary N) is 1. The number of benzene rings is 1. The lowest BCUT2D eigenvalue weighted by molar-refractivity contribution is -0.119. The van der Waals surface area contributed by atoms with Crippen LogP contribution in [0.3, 0.4) is 0 Å². The maximum Gasteiger partial charge on any atom is 0.341 e. The number of aromatic nitrogens is 1. The van der Waals surface area contributed by atoms with E-state index in [0.717, 1.165) is 18.9 Å². The molecule has 2 heterocycles. The summed E-state index contributed by atoms with van der Waals surface area (Å²) >= 11 is 12.1. The second-order valence-corrected chi connectivity index (χ2v) is 8.01. The first-order chi connectivity index (χ1) is 13.8. The fraction of sp³-hybridized carbons (Fsp3) is 0.421. The molecule has 0 spiro atoms. The number of alkyl halides is 1. The van der Waals surface area contributed by atoms with Crippen LogP contribution < -0.4 is 15.6 Å². The van der Waals surface area contributed by atoms with Crippen LogP contribution in [0.5, 0.6) is 0 Å². The quantitative estimate of drug-likeness (QED) is 0.695. The second-order valence-electron chi connectivity index (χ2n) is 7.37. The number of carboxylic acids is 1. The summed E-state index contributed by atoms with van der Waals surface area (Å²) in [5.41, 5.74) is -0.671. The second kappa shape index (κ2) is 7.50. The van der Waals surface area contributed by atoms with Crippen LogP contribution >= 0.6 is 23.2 Å². The lowest BCUT2D eigenvalue weighted by atomic mass is 10.1. The molecule has 1 unspecified atom stereocenters. The molecule has 154 valence electrons. The van der Waals surface area contributed by atoms with E-state index in [4.69, 9.17) is 23.2 Å². The highest BCUT2D eigenvalue weighted by molar-refractivity contribution is 6.38. The van der Waals surface area contributed by atoms with Gasteiger partial charge in [-0.25, -0.2) is 9.18 Å². The van der Waals surface area contributed by atoms with Crippen LogP contribution in [0.25, 0.3) is 10.9 Å². The van der Waals surface area contributed by atoms with Crippen LogP contribution in [0.4, 0.5) is 10.1 Å². The number of fused-ring (bicyclic) bond motifs is 1. The average Bonchev–Trinajstić information content (AvgIpc) is 3.42. The molecular formula is C19H18Cl2FN3O4. The molecule has 10 heteroatoms. The monoisotopic (exact) mass is 441 g/mol. The third kappa shape index (κ3) is 3.55. The predicted molar refractivity (Wildman–Crippen MR) is 108 cm³/mol. The summed E-state index contributed by atoms with van der Waals surface area (Å²) in [6.07, 6.45) is 3.56. The zero-order valence-electron chi connectivity index (χ0n) is 15.3. The van der Waals surface area contributed by atoms with Crippen molar-refractivity contribution in [2.75, 3.05) is 23.9 Å². The first-order valence-electron chi connectivity index (χ1n) is 9.22. The van der Waals surface area contributed by atoms with Crippen molar-refractivity contribution in [2.24, 2.45) is 0 Å². The van der Waals surface area contributed by atoms with Gasteiger partial charge in [-0.2, -0.15) is 0 Å². The van der Waals surface area contributed by atoms with Gasteiger partial charge in [-0.15, -0.1) is 11.6 Å². The van der Waals surface area contributed by atoms with Crippen molar-refractivity contribution in [1.29, 1.82) is 0 Å². The zero-order valence-corrected chi connectivity index (χ0v) is 16.8. The number of carbonyl (C=O) groups excluding carboxylic acids is 1. The molecule has 1 aromatic heterocycles. The Kier molecular flexibility index (Phi) is 5.16. The third-order valence-corrected chi connectivity index (χ3v) is 5.95. The summed E-state index contributed by atoms with van der Waals surface area (Å²) in [6, 6.07) is 0.906. The van der Waals surface area contributed by atoms with Crippen LogP contribution in [-0.2, 0) is 4.79 Å². The lowest BCUT2D eigenvalue weighted by Gasteiger charge is -2.23. The van der Waals surface area contributed by atoms with E-state index in [2.05, 4.69) is 5.32 Å². The fourth-order valence-electron chi connectivity index (χ4n) is 3.86. The first kappa shape index (κ1) is 20.0. The maximum atomic E-state index is 15.0. The number of anilines is 1. The number of pyridine rings is 1. The number of hydrogen-bond donors (Lipinski definition) is 2. The van der Waals surface area contributed by atoms with E-state index in [1.165, 1.54) is 6.20 Å². The Morgan fingerprint density at radius 1 is 1.31 bits per heavy atom. The SMILES string of the molecule is O=C(CCl)NC1CCN(c2c(F)cc3c(=O)c(C(=O)O)cn(C4CC4)c3c2Cl)C1. The van der Waals surface area contributed by atoms with E-state index < -0.39 is 22.8 Å². The van der Waals surface area contributed by atoms with Gasteiger partial charge in [0.2, 0.25) is 11.3 Å². The minimum atomic E-state index is -1.36. The van der Waals surface area contributed by atoms with E-state index in [1.807, 2.05) is 0 Å². The van der Waals surface area contributed by atoms with E-state index in [-0.39, 0.29) is 40.0 Å². The third-order valence-electron chi connectivity index (χ3n) is 5.35. The Morgan fingerprint density at radius 3 is 2.66 bits per heavy atom. The van der Waals surface area contributed by atoms with Gasteiger partial charge in [-0.05, 0) is 25.3 Å². The molecule has 1 saturated carbocycles. The molecule has 1 aliphatic carbocycles. The summed E-state index contributed by atoms with van der Waals surface area (Å²) in [5, 5.41) is 12.1. The Hall–Kier alpha value is -2.32. The fourth-order valence-corrected chi connectivity index (χ4v) is 4.35. The van der Waals surface area contributed by atoms with Gasteiger partial charge in [0, 0.05) is 31.4 Å². The molecule has 4 rings (SSSR count). The summed E-state index contributed by atoms with van der Waals surface area (Å²) in [7, 11) is 0. The first-order valence-corrected chi connectivity index (χ1v) is 10.1. The van der Waals surface area contributed by atoms with Crippen molar-refractivity contribution in [2.45, 2.75) is 31.3 Å². The van der Waals surface area contributed by atoms with E-state index >= 15 is 4.39 Å². The van der Waals surface area contributed by atoms with Gasteiger partial charge in [-0.1, -0.05) is 11.6 Å². The summed E-state index contributed by atoms with van der Waals surface area (Å²) in [4.78, 5) is 37.3. The van der Waals surface area contributed by atoms with E-state index in [1.54, 1.807) is 9.47 Å². The normalized spacial score (nSPS) is 19.0. The van der Waals surface area contributed by atoms with Gasteiger partial charge < -0.3 is 19.9 Å². The molecule has 2 fully saturated rings. The van der Waals surface area contributed by atoms with Gasteiger partial charge in [0.15, 0.2) is 0 Å². The van der Waals surface area contributed by atoms with Gasteiger partial charge in [0.05, 0.1) is 21.6 Å². The highest BCUT2D eigenvalue weighted by Crippen LogP contribution is 2.42. The highest BCUT2D eigenvalue weighted by Gasteiger charge is 2.32. The number of aromatic carboxylic acids is 1.